The lowest BCUT2D eigenvalue weighted by atomic mass is 9.74. The van der Waals surface area contributed by atoms with Crippen LogP contribution in [-0.2, 0) is 15.3 Å². The second-order valence-corrected chi connectivity index (χ2v) is 8.25. The van der Waals surface area contributed by atoms with Gasteiger partial charge in [-0.25, -0.2) is 13.2 Å². The van der Waals surface area contributed by atoms with Gasteiger partial charge in [0.15, 0.2) is 23.2 Å². The molecule has 3 fully saturated rings. The van der Waals surface area contributed by atoms with Gasteiger partial charge >= 0.3 is 0 Å². The fourth-order valence-corrected chi connectivity index (χ4v) is 4.35. The highest BCUT2D eigenvalue weighted by Crippen LogP contribution is 2.51. The molecule has 0 aliphatic carbocycles. The number of benzene rings is 2. The van der Waals surface area contributed by atoms with E-state index in [-0.39, 0.29) is 5.41 Å². The van der Waals surface area contributed by atoms with Crippen molar-refractivity contribution < 1.29 is 27.4 Å². The third-order valence-electron chi connectivity index (χ3n) is 5.98. The Balaban J connectivity index is 1.54. The van der Waals surface area contributed by atoms with Crippen LogP contribution >= 0.6 is 0 Å². The molecule has 2 aromatic carbocycles. The second kappa shape index (κ2) is 8.08. The molecule has 0 atom stereocenters. The number of fused-ring (bicyclic) bond motifs is 3. The molecule has 0 unspecified atom stereocenters. The molecule has 0 aromatic heterocycles. The van der Waals surface area contributed by atoms with Crippen LogP contribution < -0.4 is 4.74 Å². The molecule has 6 heteroatoms. The predicted molar refractivity (Wildman–Crippen MR) is 107 cm³/mol. The van der Waals surface area contributed by atoms with Crippen molar-refractivity contribution in [1.29, 1.82) is 0 Å². The zero-order valence-corrected chi connectivity index (χ0v) is 17.1. The summed E-state index contributed by atoms with van der Waals surface area (Å²) in [5.74, 6) is -3.85. The SMILES string of the molecule is CCCC12CCC(c3ccc(-c4cc(F)c(O/C=C(/C)F)c(F)c4)cc3)(OC1)OC2. The molecule has 0 radical (unpaired) electrons. The second-order valence-electron chi connectivity index (χ2n) is 8.25. The van der Waals surface area contributed by atoms with Crippen molar-refractivity contribution in [3.63, 3.8) is 0 Å². The Morgan fingerprint density at radius 2 is 1.67 bits per heavy atom. The first kappa shape index (κ1) is 20.9. The topological polar surface area (TPSA) is 27.7 Å². The van der Waals surface area contributed by atoms with E-state index < -0.39 is 29.0 Å². The fraction of sp³-hybridized carbons (Fsp3) is 0.417. The van der Waals surface area contributed by atoms with E-state index in [2.05, 4.69) is 6.92 Å². The molecule has 160 valence electrons. The molecule has 3 aliphatic heterocycles. The lowest BCUT2D eigenvalue weighted by Gasteiger charge is -2.53. The van der Waals surface area contributed by atoms with Gasteiger partial charge in [-0.05, 0) is 43.0 Å². The molecule has 3 saturated heterocycles. The lowest BCUT2D eigenvalue weighted by Crippen LogP contribution is -2.53. The van der Waals surface area contributed by atoms with E-state index in [0.29, 0.717) is 30.6 Å². The largest absolute Gasteiger partial charge is 0.456 e. The van der Waals surface area contributed by atoms with Gasteiger partial charge in [0, 0.05) is 17.4 Å². The standard InChI is InChI=1S/C24H25F3O3/c1-3-8-23-9-10-24(29-14-23,30-15-23)19-6-4-17(5-7-19)18-11-20(26)22(21(27)12-18)28-13-16(2)25/h4-7,11-13H,3,8-10,14-15H2,1-2H3/b16-13-. The highest BCUT2D eigenvalue weighted by Gasteiger charge is 2.51. The molecule has 0 saturated carbocycles. The zero-order valence-electron chi connectivity index (χ0n) is 17.1. The van der Waals surface area contributed by atoms with Crippen LogP contribution in [0.5, 0.6) is 5.75 Å². The Hall–Kier alpha value is -2.31. The minimum absolute atomic E-state index is 0.130. The summed E-state index contributed by atoms with van der Waals surface area (Å²) < 4.78 is 58.4. The summed E-state index contributed by atoms with van der Waals surface area (Å²) in [6.07, 6.45) is 4.73. The van der Waals surface area contributed by atoms with Crippen LogP contribution in [0.15, 0.2) is 48.5 Å². The predicted octanol–water partition coefficient (Wildman–Crippen LogP) is 6.62. The Morgan fingerprint density at radius 1 is 1.03 bits per heavy atom. The van der Waals surface area contributed by atoms with E-state index in [4.69, 9.17) is 14.2 Å². The number of halogens is 3. The maximum absolute atomic E-state index is 14.3. The summed E-state index contributed by atoms with van der Waals surface area (Å²) in [7, 11) is 0. The Kier molecular flexibility index (Phi) is 5.64. The van der Waals surface area contributed by atoms with Crippen molar-refractivity contribution in [3.8, 4) is 16.9 Å². The molecule has 2 aromatic rings. The van der Waals surface area contributed by atoms with Gasteiger partial charge in [-0.1, -0.05) is 37.6 Å². The molecule has 0 amide bonds. The molecule has 3 heterocycles. The lowest BCUT2D eigenvalue weighted by molar-refractivity contribution is -0.351. The van der Waals surface area contributed by atoms with Crippen LogP contribution in [0, 0.1) is 17.0 Å². The molecule has 30 heavy (non-hydrogen) atoms. The van der Waals surface area contributed by atoms with Crippen LogP contribution in [0.2, 0.25) is 0 Å². The quantitative estimate of drug-likeness (QED) is 0.493. The highest BCUT2D eigenvalue weighted by molar-refractivity contribution is 5.65. The van der Waals surface area contributed by atoms with Gasteiger partial charge in [-0.2, -0.15) is 0 Å². The number of allylic oxidation sites excluding steroid dienone is 1. The smallest absolute Gasteiger partial charge is 0.197 e. The summed E-state index contributed by atoms with van der Waals surface area (Å²) in [4.78, 5) is 0. The summed E-state index contributed by atoms with van der Waals surface area (Å²) in [5, 5.41) is 0. The van der Waals surface area contributed by atoms with Crippen molar-refractivity contribution in [2.24, 2.45) is 5.41 Å². The van der Waals surface area contributed by atoms with Gasteiger partial charge in [-0.3, -0.25) is 0 Å². The molecule has 3 nitrogen and oxygen atoms in total. The van der Waals surface area contributed by atoms with Crippen LogP contribution in [0.4, 0.5) is 13.2 Å². The van der Waals surface area contributed by atoms with E-state index in [1.165, 1.54) is 12.1 Å². The van der Waals surface area contributed by atoms with Crippen molar-refractivity contribution in [2.75, 3.05) is 13.2 Å². The minimum Gasteiger partial charge on any atom is -0.456 e. The highest BCUT2D eigenvalue weighted by atomic mass is 19.1. The molecule has 3 aliphatic rings. The molecular formula is C24H25F3O3. The Morgan fingerprint density at radius 3 is 2.17 bits per heavy atom. The number of ether oxygens (including phenoxy) is 3. The zero-order chi connectivity index (χ0) is 21.4. The van der Waals surface area contributed by atoms with Crippen LogP contribution in [0.3, 0.4) is 0 Å². The third kappa shape index (κ3) is 3.86. The summed E-state index contributed by atoms with van der Waals surface area (Å²) in [5.41, 5.74) is 2.04. The fourth-order valence-electron chi connectivity index (χ4n) is 4.35. The average molecular weight is 418 g/mol. The van der Waals surface area contributed by atoms with Crippen molar-refractivity contribution in [3.05, 3.63) is 65.7 Å². The van der Waals surface area contributed by atoms with E-state index in [0.717, 1.165) is 38.2 Å². The maximum Gasteiger partial charge on any atom is 0.197 e. The first-order valence-corrected chi connectivity index (χ1v) is 10.2. The van der Waals surface area contributed by atoms with E-state index in [1.807, 2.05) is 12.1 Å². The summed E-state index contributed by atoms with van der Waals surface area (Å²) in [6, 6.07) is 9.67. The number of hydrogen-bond donors (Lipinski definition) is 0. The normalized spacial score (nSPS) is 26.1. The maximum atomic E-state index is 14.3. The van der Waals surface area contributed by atoms with Gasteiger partial charge in [0.05, 0.1) is 13.2 Å². The van der Waals surface area contributed by atoms with Crippen molar-refractivity contribution in [2.45, 2.75) is 45.3 Å². The van der Waals surface area contributed by atoms with Gasteiger partial charge in [-0.15, -0.1) is 0 Å². The monoisotopic (exact) mass is 418 g/mol. The van der Waals surface area contributed by atoms with Gasteiger partial charge in [0.25, 0.3) is 0 Å². The van der Waals surface area contributed by atoms with Crippen LogP contribution in [-0.4, -0.2) is 13.2 Å². The third-order valence-corrected chi connectivity index (χ3v) is 5.98. The average Bonchev–Trinajstić information content (AvgIpc) is 2.74. The van der Waals surface area contributed by atoms with E-state index in [1.54, 1.807) is 12.1 Å². The Labute approximate surface area is 174 Å². The number of rotatable bonds is 6. The van der Waals surface area contributed by atoms with E-state index >= 15 is 0 Å². The molecule has 0 spiro atoms. The van der Waals surface area contributed by atoms with Gasteiger partial charge in [0.2, 0.25) is 0 Å². The van der Waals surface area contributed by atoms with Gasteiger partial charge < -0.3 is 14.2 Å². The number of hydrogen-bond acceptors (Lipinski definition) is 3. The van der Waals surface area contributed by atoms with E-state index in [9.17, 15) is 13.2 Å². The molecule has 5 rings (SSSR count). The first-order chi connectivity index (χ1) is 14.4. The molecule has 2 bridgehead atoms. The summed E-state index contributed by atoms with van der Waals surface area (Å²) in [6.45, 7) is 4.68. The van der Waals surface area contributed by atoms with Crippen LogP contribution in [0.25, 0.3) is 11.1 Å². The minimum atomic E-state index is -0.899. The van der Waals surface area contributed by atoms with Gasteiger partial charge in [0.1, 0.15) is 12.1 Å². The van der Waals surface area contributed by atoms with Crippen LogP contribution in [0.1, 0.15) is 45.1 Å². The summed E-state index contributed by atoms with van der Waals surface area (Å²) >= 11 is 0. The molecule has 0 N–H and O–H groups in total. The Bertz CT molecular complexity index is 901. The van der Waals surface area contributed by atoms with Crippen molar-refractivity contribution >= 4 is 0 Å². The molecular weight excluding hydrogens is 393 g/mol. The first-order valence-electron chi connectivity index (χ1n) is 10.2. The van der Waals surface area contributed by atoms with Crippen molar-refractivity contribution in [1.82, 2.24) is 0 Å².